The van der Waals surface area contributed by atoms with Gasteiger partial charge in [0.15, 0.2) is 5.82 Å². The van der Waals surface area contributed by atoms with Gasteiger partial charge >= 0.3 is 0 Å². The van der Waals surface area contributed by atoms with E-state index in [0.29, 0.717) is 23.3 Å². The molecular weight excluding hydrogens is 467 g/mol. The van der Waals surface area contributed by atoms with Crippen molar-refractivity contribution in [3.63, 3.8) is 0 Å². The maximum Gasteiger partial charge on any atom is 0.220 e. The van der Waals surface area contributed by atoms with Gasteiger partial charge in [0, 0.05) is 33.4 Å². The molecule has 1 saturated carbocycles. The molecule has 0 bridgehead atoms. The standard InChI is InChI=1S/C30H31FN4O2/c1-17-24-12-11-22-27(30(24,2)14-18-16-32-37-26(17)18)34-28(35-29(22)36-20-7-3-4-8-20)23-13-19(15-31)33-25-10-6-5-9-21(23)25/h5-6,9-10,13,16-17,20,24H,3-4,7-8,11-12,14-15H2,1-2H3/t17-,24-,30-/m1/s1. The normalized spacial score (nSPS) is 25.1. The second kappa shape index (κ2) is 8.61. The molecule has 0 N–H and O–H groups in total. The Bertz CT molecular complexity index is 1490. The van der Waals surface area contributed by atoms with Crippen LogP contribution in [0.3, 0.4) is 0 Å². The first kappa shape index (κ1) is 22.8. The molecule has 37 heavy (non-hydrogen) atoms. The zero-order valence-electron chi connectivity index (χ0n) is 21.3. The minimum atomic E-state index is -0.637. The lowest BCUT2D eigenvalue weighted by Gasteiger charge is -2.47. The number of fused-ring (bicyclic) bond motifs is 5. The SMILES string of the molecule is C[C@H]1c2oncc2C[C@@]2(C)c3nc(-c4cc(CF)nc5ccccc45)nc(OC4CCCC4)c3CC[C@H]12. The summed E-state index contributed by atoms with van der Waals surface area (Å²) in [6, 6.07) is 9.63. The van der Waals surface area contributed by atoms with Gasteiger partial charge in [-0.25, -0.2) is 14.4 Å². The van der Waals surface area contributed by atoms with Crippen molar-refractivity contribution in [3.8, 4) is 17.3 Å². The van der Waals surface area contributed by atoms with Crippen molar-refractivity contribution in [2.24, 2.45) is 5.92 Å². The summed E-state index contributed by atoms with van der Waals surface area (Å²) in [5.41, 5.74) is 5.08. The van der Waals surface area contributed by atoms with E-state index in [4.69, 9.17) is 19.2 Å². The second-order valence-electron chi connectivity index (χ2n) is 11.3. The van der Waals surface area contributed by atoms with Crippen molar-refractivity contribution in [2.75, 3.05) is 0 Å². The van der Waals surface area contributed by atoms with Crippen molar-refractivity contribution in [1.29, 1.82) is 0 Å². The number of ether oxygens (including phenoxy) is 1. The molecule has 0 radical (unpaired) electrons. The highest BCUT2D eigenvalue weighted by atomic mass is 19.1. The van der Waals surface area contributed by atoms with Crippen molar-refractivity contribution >= 4 is 10.9 Å². The van der Waals surface area contributed by atoms with E-state index < -0.39 is 6.67 Å². The van der Waals surface area contributed by atoms with Crippen LogP contribution in [0.25, 0.3) is 22.3 Å². The van der Waals surface area contributed by atoms with Crippen LogP contribution in [0, 0.1) is 5.92 Å². The molecular formula is C30H31FN4O2. The van der Waals surface area contributed by atoms with Gasteiger partial charge in [0.05, 0.1) is 23.1 Å². The van der Waals surface area contributed by atoms with Gasteiger partial charge in [0.2, 0.25) is 5.88 Å². The van der Waals surface area contributed by atoms with Crippen molar-refractivity contribution in [1.82, 2.24) is 20.1 Å². The highest BCUT2D eigenvalue weighted by Crippen LogP contribution is 2.54. The maximum atomic E-state index is 13.9. The van der Waals surface area contributed by atoms with E-state index in [2.05, 4.69) is 24.0 Å². The van der Waals surface area contributed by atoms with Crippen molar-refractivity contribution in [3.05, 3.63) is 64.8 Å². The fourth-order valence-electron chi connectivity index (χ4n) is 7.19. The van der Waals surface area contributed by atoms with E-state index in [1.807, 2.05) is 30.5 Å². The first-order valence-corrected chi connectivity index (χ1v) is 13.5. The largest absolute Gasteiger partial charge is 0.474 e. The number of hydrogen-bond donors (Lipinski definition) is 0. The Balaban J connectivity index is 1.45. The quantitative estimate of drug-likeness (QED) is 0.314. The molecule has 0 spiro atoms. The second-order valence-corrected chi connectivity index (χ2v) is 11.3. The molecule has 0 amide bonds. The van der Waals surface area contributed by atoms with Crippen LogP contribution < -0.4 is 4.74 Å². The van der Waals surface area contributed by atoms with Crippen LogP contribution in [0.5, 0.6) is 5.88 Å². The zero-order chi connectivity index (χ0) is 25.1. The van der Waals surface area contributed by atoms with Gasteiger partial charge in [-0.15, -0.1) is 0 Å². The topological polar surface area (TPSA) is 73.9 Å². The highest BCUT2D eigenvalue weighted by Gasteiger charge is 2.51. The van der Waals surface area contributed by atoms with E-state index >= 15 is 0 Å². The van der Waals surface area contributed by atoms with Crippen molar-refractivity contribution in [2.45, 2.75) is 82.9 Å². The molecule has 190 valence electrons. The number of rotatable bonds is 4. The third-order valence-electron chi connectivity index (χ3n) is 9.01. The van der Waals surface area contributed by atoms with E-state index in [1.165, 1.54) is 12.8 Å². The molecule has 1 aromatic carbocycles. The highest BCUT2D eigenvalue weighted by molar-refractivity contribution is 5.93. The molecule has 6 nitrogen and oxygen atoms in total. The molecule has 3 aromatic heterocycles. The Morgan fingerprint density at radius 1 is 1.11 bits per heavy atom. The van der Waals surface area contributed by atoms with Gasteiger partial charge in [0.1, 0.15) is 18.5 Å². The van der Waals surface area contributed by atoms with Gasteiger partial charge in [0.25, 0.3) is 0 Å². The van der Waals surface area contributed by atoms with Crippen LogP contribution in [-0.4, -0.2) is 26.2 Å². The predicted octanol–water partition coefficient (Wildman–Crippen LogP) is 6.65. The van der Waals surface area contributed by atoms with Crippen LogP contribution >= 0.6 is 0 Å². The summed E-state index contributed by atoms with van der Waals surface area (Å²) < 4.78 is 26.2. The number of aromatic nitrogens is 4. The van der Waals surface area contributed by atoms with Crippen LogP contribution in [-0.2, 0) is 24.9 Å². The summed E-state index contributed by atoms with van der Waals surface area (Å²) in [7, 11) is 0. The van der Waals surface area contributed by atoms with Crippen LogP contribution in [0.4, 0.5) is 4.39 Å². The summed E-state index contributed by atoms with van der Waals surface area (Å²) in [6.45, 7) is 3.94. The number of alkyl halides is 1. The molecule has 3 aliphatic rings. The first-order valence-electron chi connectivity index (χ1n) is 13.5. The Labute approximate surface area is 215 Å². The maximum absolute atomic E-state index is 13.9. The average molecular weight is 499 g/mol. The molecule has 0 aliphatic heterocycles. The number of benzene rings is 1. The number of halogens is 1. The Hall–Kier alpha value is -3.35. The van der Waals surface area contributed by atoms with Gasteiger partial charge in [-0.1, -0.05) is 37.2 Å². The Morgan fingerprint density at radius 3 is 2.78 bits per heavy atom. The Morgan fingerprint density at radius 2 is 1.95 bits per heavy atom. The third kappa shape index (κ3) is 3.57. The first-order chi connectivity index (χ1) is 18.0. The number of para-hydroxylation sites is 1. The van der Waals surface area contributed by atoms with E-state index in [9.17, 15) is 4.39 Å². The van der Waals surface area contributed by atoms with E-state index in [-0.39, 0.29) is 17.4 Å². The van der Waals surface area contributed by atoms with Crippen LogP contribution in [0.15, 0.2) is 41.1 Å². The monoisotopic (exact) mass is 498 g/mol. The number of nitrogens with zero attached hydrogens (tertiary/aromatic N) is 4. The smallest absolute Gasteiger partial charge is 0.220 e. The van der Waals surface area contributed by atoms with Gasteiger partial charge in [-0.05, 0) is 63.0 Å². The van der Waals surface area contributed by atoms with Gasteiger partial charge < -0.3 is 9.26 Å². The fourth-order valence-corrected chi connectivity index (χ4v) is 7.19. The molecule has 7 heteroatoms. The molecule has 7 rings (SSSR count). The van der Waals surface area contributed by atoms with Crippen LogP contribution in [0.1, 0.15) is 80.1 Å². The molecule has 4 aromatic rings. The Kier molecular flexibility index (Phi) is 5.31. The number of pyridine rings is 1. The minimum absolute atomic E-state index is 0.183. The lowest BCUT2D eigenvalue weighted by molar-refractivity contribution is 0.161. The summed E-state index contributed by atoms with van der Waals surface area (Å²) >= 11 is 0. The van der Waals surface area contributed by atoms with Crippen LogP contribution in [0.2, 0.25) is 0 Å². The molecule has 0 unspecified atom stereocenters. The number of hydrogen-bond acceptors (Lipinski definition) is 6. The molecule has 0 saturated heterocycles. The minimum Gasteiger partial charge on any atom is -0.474 e. The lowest BCUT2D eigenvalue weighted by atomic mass is 9.56. The summed E-state index contributed by atoms with van der Waals surface area (Å²) in [6.07, 6.45) is 9.25. The van der Waals surface area contributed by atoms with Gasteiger partial charge in [-0.3, -0.25) is 0 Å². The molecule has 3 atom stereocenters. The fraction of sp³-hybridized carbons (Fsp3) is 0.467. The van der Waals surface area contributed by atoms with Gasteiger partial charge in [-0.2, -0.15) is 4.98 Å². The lowest BCUT2D eigenvalue weighted by Crippen LogP contribution is -2.45. The van der Waals surface area contributed by atoms with E-state index in [1.54, 1.807) is 6.07 Å². The molecule has 1 fully saturated rings. The molecule has 3 heterocycles. The summed E-state index contributed by atoms with van der Waals surface area (Å²) in [5.74, 6) is 2.93. The molecule has 3 aliphatic carbocycles. The zero-order valence-corrected chi connectivity index (χ0v) is 21.3. The van der Waals surface area contributed by atoms with E-state index in [0.717, 1.165) is 71.2 Å². The third-order valence-corrected chi connectivity index (χ3v) is 9.01. The predicted molar refractivity (Wildman–Crippen MR) is 138 cm³/mol. The summed E-state index contributed by atoms with van der Waals surface area (Å²) in [5, 5.41) is 5.05. The summed E-state index contributed by atoms with van der Waals surface area (Å²) in [4.78, 5) is 14.9. The van der Waals surface area contributed by atoms with Crippen molar-refractivity contribution < 1.29 is 13.7 Å². The average Bonchev–Trinajstić information content (AvgIpc) is 3.60.